The van der Waals surface area contributed by atoms with Gasteiger partial charge in [-0.1, -0.05) is 35.1 Å². The smallest absolute Gasteiger partial charge is 0.238 e. The molecule has 0 atom stereocenters. The van der Waals surface area contributed by atoms with E-state index in [1.807, 2.05) is 17.9 Å². The Labute approximate surface area is 172 Å². The summed E-state index contributed by atoms with van der Waals surface area (Å²) in [6.45, 7) is 3.73. The summed E-state index contributed by atoms with van der Waals surface area (Å²) in [7, 11) is -3.67. The zero-order chi connectivity index (χ0) is 20.6. The fourth-order valence-electron chi connectivity index (χ4n) is 3.27. The maximum atomic E-state index is 13.9. The molecule has 0 aliphatic carbocycles. The molecule has 1 aliphatic rings. The lowest BCUT2D eigenvalue weighted by Crippen LogP contribution is -2.50. The SMILES string of the molecule is Cc1ccc(S(=O)(=O)CC(=O)N2CCN(c3nc4c(F)cccc4s3)CC2)cc1. The van der Waals surface area contributed by atoms with E-state index in [1.165, 1.54) is 29.5 Å². The van der Waals surface area contributed by atoms with Crippen LogP contribution in [0.5, 0.6) is 0 Å². The van der Waals surface area contributed by atoms with Crippen molar-refractivity contribution in [3.05, 3.63) is 53.8 Å². The van der Waals surface area contributed by atoms with E-state index in [9.17, 15) is 17.6 Å². The number of carbonyl (C=O) groups excluding carboxylic acids is 1. The van der Waals surface area contributed by atoms with Crippen LogP contribution in [0.4, 0.5) is 9.52 Å². The second-order valence-corrected chi connectivity index (χ2v) is 10.0. The van der Waals surface area contributed by atoms with Gasteiger partial charge < -0.3 is 9.80 Å². The first-order valence-electron chi connectivity index (χ1n) is 9.21. The number of anilines is 1. The van der Waals surface area contributed by atoms with Crippen LogP contribution in [0.1, 0.15) is 5.56 Å². The molecule has 0 unspecified atom stereocenters. The molecule has 2 aromatic carbocycles. The number of hydrogen-bond acceptors (Lipinski definition) is 6. The Hall–Kier alpha value is -2.52. The number of hydrogen-bond donors (Lipinski definition) is 0. The number of aromatic nitrogens is 1. The third-order valence-corrected chi connectivity index (χ3v) is 7.65. The van der Waals surface area contributed by atoms with Crippen LogP contribution in [0.25, 0.3) is 10.2 Å². The number of benzene rings is 2. The van der Waals surface area contributed by atoms with Gasteiger partial charge in [-0.2, -0.15) is 0 Å². The largest absolute Gasteiger partial charge is 0.345 e. The van der Waals surface area contributed by atoms with E-state index in [0.29, 0.717) is 36.8 Å². The third-order valence-electron chi connectivity index (χ3n) is 4.95. The number of nitrogens with zero attached hydrogens (tertiary/aromatic N) is 3. The molecule has 1 amide bonds. The summed E-state index contributed by atoms with van der Waals surface area (Å²) in [5.41, 5.74) is 1.32. The zero-order valence-electron chi connectivity index (χ0n) is 15.8. The summed E-state index contributed by atoms with van der Waals surface area (Å²) in [6, 6.07) is 11.4. The Morgan fingerprint density at radius 1 is 1.10 bits per heavy atom. The Morgan fingerprint density at radius 2 is 1.79 bits per heavy atom. The Bertz CT molecular complexity index is 1150. The first-order valence-corrected chi connectivity index (χ1v) is 11.7. The van der Waals surface area contributed by atoms with Gasteiger partial charge in [-0.05, 0) is 31.2 Å². The number of piperazine rings is 1. The van der Waals surface area contributed by atoms with Gasteiger partial charge in [0.2, 0.25) is 5.91 Å². The molecule has 1 saturated heterocycles. The number of rotatable bonds is 4. The van der Waals surface area contributed by atoms with Crippen molar-refractivity contribution in [3.8, 4) is 0 Å². The molecule has 0 spiro atoms. The van der Waals surface area contributed by atoms with Crippen molar-refractivity contribution in [1.29, 1.82) is 0 Å². The van der Waals surface area contributed by atoms with Crippen molar-refractivity contribution in [2.45, 2.75) is 11.8 Å². The predicted molar refractivity (Wildman–Crippen MR) is 112 cm³/mol. The van der Waals surface area contributed by atoms with Gasteiger partial charge in [0, 0.05) is 26.2 Å². The van der Waals surface area contributed by atoms with Gasteiger partial charge >= 0.3 is 0 Å². The topological polar surface area (TPSA) is 70.6 Å². The molecule has 9 heteroatoms. The van der Waals surface area contributed by atoms with Crippen LogP contribution in [0.2, 0.25) is 0 Å². The molecular weight excluding hydrogens is 413 g/mol. The number of carbonyl (C=O) groups is 1. The maximum absolute atomic E-state index is 13.9. The molecule has 152 valence electrons. The number of sulfone groups is 1. The lowest BCUT2D eigenvalue weighted by Gasteiger charge is -2.34. The van der Waals surface area contributed by atoms with Crippen LogP contribution in [-0.2, 0) is 14.6 Å². The molecule has 1 fully saturated rings. The molecular formula is C20H20FN3O3S2. The highest BCUT2D eigenvalue weighted by Gasteiger charge is 2.27. The van der Waals surface area contributed by atoms with Gasteiger partial charge in [0.15, 0.2) is 15.0 Å². The molecule has 0 N–H and O–H groups in total. The highest BCUT2D eigenvalue weighted by atomic mass is 32.2. The van der Waals surface area contributed by atoms with Gasteiger partial charge in [-0.15, -0.1) is 0 Å². The third kappa shape index (κ3) is 4.11. The van der Waals surface area contributed by atoms with E-state index in [2.05, 4.69) is 4.98 Å². The molecule has 6 nitrogen and oxygen atoms in total. The number of fused-ring (bicyclic) bond motifs is 1. The van der Waals surface area contributed by atoms with E-state index >= 15 is 0 Å². The Balaban J connectivity index is 1.40. The monoisotopic (exact) mass is 433 g/mol. The summed E-state index contributed by atoms with van der Waals surface area (Å²) in [5, 5.41) is 0.712. The molecule has 29 heavy (non-hydrogen) atoms. The van der Waals surface area contributed by atoms with Gasteiger partial charge in [-0.3, -0.25) is 4.79 Å². The van der Waals surface area contributed by atoms with Crippen LogP contribution in [-0.4, -0.2) is 56.1 Å². The van der Waals surface area contributed by atoms with E-state index in [4.69, 9.17) is 0 Å². The number of aryl methyl sites for hydroxylation is 1. The Morgan fingerprint density at radius 3 is 2.45 bits per heavy atom. The van der Waals surface area contributed by atoms with E-state index < -0.39 is 21.5 Å². The summed E-state index contributed by atoms with van der Waals surface area (Å²) in [6.07, 6.45) is 0. The molecule has 0 radical (unpaired) electrons. The summed E-state index contributed by atoms with van der Waals surface area (Å²) >= 11 is 1.41. The normalized spacial score (nSPS) is 15.1. The lowest BCUT2D eigenvalue weighted by molar-refractivity contribution is -0.128. The van der Waals surface area contributed by atoms with Crippen LogP contribution in [0, 0.1) is 12.7 Å². The van der Waals surface area contributed by atoms with E-state index in [-0.39, 0.29) is 10.7 Å². The van der Waals surface area contributed by atoms with E-state index in [0.717, 1.165) is 10.3 Å². The molecule has 3 aromatic rings. The number of halogens is 1. The maximum Gasteiger partial charge on any atom is 0.238 e. The zero-order valence-corrected chi connectivity index (χ0v) is 17.5. The highest BCUT2D eigenvalue weighted by Crippen LogP contribution is 2.30. The minimum atomic E-state index is -3.67. The minimum absolute atomic E-state index is 0.159. The van der Waals surface area contributed by atoms with Crippen LogP contribution in [0.15, 0.2) is 47.4 Å². The number of thiazole rings is 1. The highest BCUT2D eigenvalue weighted by molar-refractivity contribution is 7.92. The Kier molecular flexibility index (Phi) is 5.26. The van der Waals surface area contributed by atoms with Crippen molar-refractivity contribution >= 4 is 42.4 Å². The standard InChI is InChI=1S/C20H20FN3O3S2/c1-14-5-7-15(8-6-14)29(26,27)13-18(25)23-9-11-24(12-10-23)20-22-19-16(21)3-2-4-17(19)28-20/h2-8H,9-13H2,1H3. The van der Waals surface area contributed by atoms with Crippen LogP contribution >= 0.6 is 11.3 Å². The van der Waals surface area contributed by atoms with Crippen molar-refractivity contribution in [2.24, 2.45) is 0 Å². The summed E-state index contributed by atoms with van der Waals surface area (Å²) in [5.74, 6) is -1.29. The van der Waals surface area contributed by atoms with Gasteiger partial charge in [0.1, 0.15) is 17.1 Å². The minimum Gasteiger partial charge on any atom is -0.345 e. The number of para-hydroxylation sites is 1. The number of amides is 1. The summed E-state index contributed by atoms with van der Waals surface area (Å²) in [4.78, 5) is 20.7. The van der Waals surface area contributed by atoms with Gasteiger partial charge in [-0.25, -0.2) is 17.8 Å². The second-order valence-electron chi connectivity index (χ2n) is 7.02. The molecule has 0 bridgehead atoms. The molecule has 1 aromatic heterocycles. The first kappa shape index (κ1) is 19.8. The average Bonchev–Trinajstić information content (AvgIpc) is 3.14. The van der Waals surface area contributed by atoms with Crippen molar-refractivity contribution in [2.75, 3.05) is 36.8 Å². The molecule has 2 heterocycles. The first-order chi connectivity index (χ1) is 13.8. The van der Waals surface area contributed by atoms with Crippen LogP contribution < -0.4 is 4.90 Å². The molecule has 1 aliphatic heterocycles. The predicted octanol–water partition coefficient (Wildman–Crippen LogP) is 2.87. The molecule has 0 saturated carbocycles. The van der Waals surface area contributed by atoms with Crippen molar-refractivity contribution in [3.63, 3.8) is 0 Å². The van der Waals surface area contributed by atoms with E-state index in [1.54, 1.807) is 23.1 Å². The van der Waals surface area contributed by atoms with Gasteiger partial charge in [0.25, 0.3) is 0 Å². The van der Waals surface area contributed by atoms with Crippen LogP contribution in [0.3, 0.4) is 0 Å². The fraction of sp³-hybridized carbons (Fsp3) is 0.300. The lowest BCUT2D eigenvalue weighted by atomic mass is 10.2. The van der Waals surface area contributed by atoms with Crippen molar-refractivity contribution < 1.29 is 17.6 Å². The fourth-order valence-corrected chi connectivity index (χ4v) is 5.53. The quantitative estimate of drug-likeness (QED) is 0.633. The van der Waals surface area contributed by atoms with Gasteiger partial charge in [0.05, 0.1) is 9.60 Å². The summed E-state index contributed by atoms with van der Waals surface area (Å²) < 4.78 is 39.7. The van der Waals surface area contributed by atoms with Crippen molar-refractivity contribution in [1.82, 2.24) is 9.88 Å². The average molecular weight is 434 g/mol. The second kappa shape index (κ2) is 7.72. The molecule has 4 rings (SSSR count).